The molecule has 17 heavy (non-hydrogen) atoms. The van der Waals surface area contributed by atoms with Crippen molar-refractivity contribution in [3.8, 4) is 0 Å². The van der Waals surface area contributed by atoms with Crippen LogP contribution < -0.4 is 0 Å². The van der Waals surface area contributed by atoms with Gasteiger partial charge in [0.05, 0.1) is 0 Å². The van der Waals surface area contributed by atoms with E-state index >= 15 is 0 Å². The van der Waals surface area contributed by atoms with Crippen LogP contribution in [0.2, 0.25) is 0 Å². The van der Waals surface area contributed by atoms with Crippen LogP contribution in [0.4, 0.5) is 0 Å². The Bertz CT molecular complexity index is 535. The molecule has 7 heteroatoms. The van der Waals surface area contributed by atoms with Gasteiger partial charge in [-0.15, -0.1) is 5.10 Å². The molecule has 1 aromatic carbocycles. The van der Waals surface area contributed by atoms with E-state index < -0.39 is 17.7 Å². The molecule has 0 bridgehead atoms. The van der Waals surface area contributed by atoms with E-state index in [2.05, 4.69) is 10.1 Å². The second-order valence-corrected chi connectivity index (χ2v) is 3.32. The number of rotatable bonds is 3. The van der Waals surface area contributed by atoms with Crippen molar-refractivity contribution in [3.63, 3.8) is 0 Å². The van der Waals surface area contributed by atoms with Gasteiger partial charge in [-0.25, -0.2) is 9.78 Å². The van der Waals surface area contributed by atoms with Crippen molar-refractivity contribution in [2.75, 3.05) is 0 Å². The Kier molecular flexibility index (Phi) is 2.62. The summed E-state index contributed by atoms with van der Waals surface area (Å²) >= 11 is 0. The highest BCUT2D eigenvalue weighted by atomic mass is 16.5. The molecule has 0 saturated carbocycles. The van der Waals surface area contributed by atoms with Gasteiger partial charge in [0.15, 0.2) is 0 Å². The Morgan fingerprint density at radius 1 is 1.24 bits per heavy atom. The lowest BCUT2D eigenvalue weighted by molar-refractivity contribution is -0.200. The van der Waals surface area contributed by atoms with Gasteiger partial charge in [-0.2, -0.15) is 4.68 Å². The molecule has 1 aromatic heterocycles. The van der Waals surface area contributed by atoms with E-state index in [1.165, 1.54) is 12.1 Å². The van der Waals surface area contributed by atoms with E-state index in [0.717, 1.165) is 6.33 Å². The molecule has 0 spiro atoms. The first-order valence-corrected chi connectivity index (χ1v) is 4.67. The highest BCUT2D eigenvalue weighted by Crippen LogP contribution is 2.18. The van der Waals surface area contributed by atoms with E-state index in [1.54, 1.807) is 18.2 Å². The van der Waals surface area contributed by atoms with Crippen LogP contribution in [-0.2, 0) is 5.91 Å². The molecule has 2 rings (SSSR count). The minimum Gasteiger partial charge on any atom is -0.475 e. The predicted molar refractivity (Wildman–Crippen MR) is 54.9 cm³/mol. The van der Waals surface area contributed by atoms with Crippen molar-refractivity contribution >= 4 is 5.97 Å². The fraction of sp³-hybridized carbons (Fsp3) is 0.100. The van der Waals surface area contributed by atoms with Crippen LogP contribution in [0.3, 0.4) is 0 Å². The number of carboxylic acids is 1. The molecule has 0 aliphatic heterocycles. The van der Waals surface area contributed by atoms with Gasteiger partial charge in [-0.05, 0) is 0 Å². The fourth-order valence-electron chi connectivity index (χ4n) is 1.31. The Hall–Kier alpha value is -2.25. The van der Waals surface area contributed by atoms with E-state index in [-0.39, 0.29) is 5.56 Å². The molecule has 0 aliphatic rings. The molecule has 88 valence electrons. The number of aromatic nitrogens is 3. The van der Waals surface area contributed by atoms with Gasteiger partial charge in [0.25, 0.3) is 11.7 Å². The lowest BCUT2D eigenvalue weighted by atomic mass is 10.1. The number of hydrogen-bond donors (Lipinski definition) is 3. The summed E-state index contributed by atoms with van der Waals surface area (Å²) in [7, 11) is 0. The maximum Gasteiger partial charge on any atom is 0.375 e. The summed E-state index contributed by atoms with van der Waals surface area (Å²) in [5.41, 5.74) is 0.154. The summed E-state index contributed by atoms with van der Waals surface area (Å²) in [5, 5.41) is 31.8. The average molecular weight is 235 g/mol. The number of aliphatic hydroxyl groups is 2. The van der Waals surface area contributed by atoms with E-state index in [4.69, 9.17) is 5.11 Å². The van der Waals surface area contributed by atoms with Gasteiger partial charge in [0.2, 0.25) is 0 Å². The monoisotopic (exact) mass is 235 g/mol. The lowest BCUT2D eigenvalue weighted by Gasteiger charge is -2.21. The van der Waals surface area contributed by atoms with Crippen molar-refractivity contribution < 1.29 is 20.1 Å². The molecule has 0 fully saturated rings. The number of aromatic carboxylic acids is 1. The number of carbonyl (C=O) groups is 1. The zero-order valence-electron chi connectivity index (χ0n) is 8.56. The van der Waals surface area contributed by atoms with Crippen LogP contribution in [0.25, 0.3) is 0 Å². The van der Waals surface area contributed by atoms with Gasteiger partial charge in [-0.3, -0.25) is 0 Å². The maximum atomic E-state index is 10.6. The van der Waals surface area contributed by atoms with E-state index in [9.17, 15) is 15.0 Å². The van der Waals surface area contributed by atoms with Gasteiger partial charge < -0.3 is 15.3 Å². The molecule has 0 unspecified atom stereocenters. The van der Waals surface area contributed by atoms with Crippen molar-refractivity contribution in [1.29, 1.82) is 0 Å². The van der Waals surface area contributed by atoms with E-state index in [1.807, 2.05) is 0 Å². The summed E-state index contributed by atoms with van der Waals surface area (Å²) in [5.74, 6) is -4.27. The molecule has 1 heterocycles. The zero-order chi connectivity index (χ0) is 12.5. The predicted octanol–water partition coefficient (Wildman–Crippen LogP) is -0.380. The molecule has 0 amide bonds. The Labute approximate surface area is 95.6 Å². The fourth-order valence-corrected chi connectivity index (χ4v) is 1.31. The van der Waals surface area contributed by atoms with Crippen LogP contribution in [0, 0.1) is 0 Å². The minimum atomic E-state index is -2.43. The highest BCUT2D eigenvalue weighted by molar-refractivity contribution is 5.82. The number of carboxylic acid groups (broad SMARTS) is 1. The molecule has 0 radical (unpaired) electrons. The number of hydrogen-bond acceptors (Lipinski definition) is 5. The second kappa shape index (κ2) is 3.96. The van der Waals surface area contributed by atoms with Crippen LogP contribution in [-0.4, -0.2) is 36.1 Å². The molecule has 0 aliphatic carbocycles. The highest BCUT2D eigenvalue weighted by Gasteiger charge is 2.30. The second-order valence-electron chi connectivity index (χ2n) is 3.32. The largest absolute Gasteiger partial charge is 0.475 e. The normalized spacial score (nSPS) is 11.4. The maximum absolute atomic E-state index is 10.6. The third-order valence-electron chi connectivity index (χ3n) is 2.16. The topological polar surface area (TPSA) is 108 Å². The van der Waals surface area contributed by atoms with Gasteiger partial charge in [0.1, 0.15) is 6.33 Å². The van der Waals surface area contributed by atoms with Crippen LogP contribution in [0.15, 0.2) is 36.7 Å². The molecule has 0 saturated heterocycles. The van der Waals surface area contributed by atoms with Crippen molar-refractivity contribution in [1.82, 2.24) is 14.8 Å². The molecule has 0 atom stereocenters. The van der Waals surface area contributed by atoms with Crippen LogP contribution in [0.1, 0.15) is 16.2 Å². The molecule has 7 nitrogen and oxygen atoms in total. The summed E-state index contributed by atoms with van der Waals surface area (Å²) in [4.78, 5) is 14.0. The van der Waals surface area contributed by atoms with E-state index in [0.29, 0.717) is 4.68 Å². The van der Waals surface area contributed by atoms with Crippen molar-refractivity contribution in [2.45, 2.75) is 5.91 Å². The average Bonchev–Trinajstić information content (AvgIpc) is 2.80. The Morgan fingerprint density at radius 3 is 2.41 bits per heavy atom. The third-order valence-corrected chi connectivity index (χ3v) is 2.16. The van der Waals surface area contributed by atoms with Crippen LogP contribution >= 0.6 is 0 Å². The lowest BCUT2D eigenvalue weighted by Crippen LogP contribution is -2.35. The quantitative estimate of drug-likeness (QED) is 0.626. The summed E-state index contributed by atoms with van der Waals surface area (Å²) < 4.78 is 0.672. The number of benzene rings is 1. The molecular weight excluding hydrogens is 226 g/mol. The summed E-state index contributed by atoms with van der Waals surface area (Å²) in [6.45, 7) is 0. The first-order chi connectivity index (χ1) is 8.01. The standard InChI is InChI=1S/C10H9N3O4/c14-9(15)8-11-6-13(12-8)10(16,17)7-4-2-1-3-5-7/h1-6,16-17H,(H,14,15). The van der Waals surface area contributed by atoms with Gasteiger partial charge in [0, 0.05) is 5.56 Å². The zero-order valence-corrected chi connectivity index (χ0v) is 8.56. The SMILES string of the molecule is O=C(O)c1ncn(C(O)(O)c2ccccc2)n1. The Morgan fingerprint density at radius 2 is 1.88 bits per heavy atom. The number of nitrogens with zero attached hydrogens (tertiary/aromatic N) is 3. The smallest absolute Gasteiger partial charge is 0.375 e. The molecular formula is C10H9N3O4. The molecule has 2 aromatic rings. The Balaban J connectivity index is 2.41. The van der Waals surface area contributed by atoms with Crippen molar-refractivity contribution in [2.24, 2.45) is 0 Å². The van der Waals surface area contributed by atoms with Gasteiger partial charge >= 0.3 is 5.97 Å². The molecule has 3 N–H and O–H groups in total. The third kappa shape index (κ3) is 2.01. The first kappa shape index (κ1) is 11.2. The van der Waals surface area contributed by atoms with Crippen LogP contribution in [0.5, 0.6) is 0 Å². The minimum absolute atomic E-state index is 0.154. The van der Waals surface area contributed by atoms with Crippen molar-refractivity contribution in [3.05, 3.63) is 48.0 Å². The first-order valence-electron chi connectivity index (χ1n) is 4.67. The summed E-state index contributed by atoms with van der Waals surface area (Å²) in [6.07, 6.45) is 0.941. The summed E-state index contributed by atoms with van der Waals surface area (Å²) in [6, 6.07) is 7.89. The van der Waals surface area contributed by atoms with Gasteiger partial charge in [-0.1, -0.05) is 30.3 Å².